The Morgan fingerprint density at radius 3 is 2.60 bits per heavy atom. The van der Waals surface area contributed by atoms with Crippen LogP contribution >= 0.6 is 0 Å². The number of nitrogens with two attached hydrogens (primary N) is 1. The minimum Gasteiger partial charge on any atom is -0.394 e. The summed E-state index contributed by atoms with van der Waals surface area (Å²) in [6.07, 6.45) is 0.231. The first-order chi connectivity index (χ1) is 16.8. The average molecular weight is 497 g/mol. The topological polar surface area (TPSA) is 155 Å². The predicted octanol–water partition coefficient (Wildman–Crippen LogP) is 0.315. The van der Waals surface area contributed by atoms with Crippen LogP contribution in [0.5, 0.6) is 0 Å². The average Bonchev–Trinajstić information content (AvgIpc) is 3.29. The van der Waals surface area contributed by atoms with Crippen molar-refractivity contribution in [3.63, 3.8) is 0 Å². The fraction of sp³-hybridized carbons (Fsp3) is 0.550. The van der Waals surface area contributed by atoms with E-state index < -0.39 is 37.0 Å². The molecule has 2 aliphatic rings. The Morgan fingerprint density at radius 2 is 1.94 bits per heavy atom. The number of nitrogens with one attached hydrogen (secondary N) is 2. The Balaban J connectivity index is 1.64. The van der Waals surface area contributed by atoms with Crippen molar-refractivity contribution >= 4 is 23.7 Å². The van der Waals surface area contributed by atoms with E-state index in [4.69, 9.17) is 10.5 Å². The molecule has 2 aromatic rings. The van der Waals surface area contributed by atoms with E-state index in [1.807, 2.05) is 4.90 Å². The van der Waals surface area contributed by atoms with Crippen molar-refractivity contribution in [2.45, 2.75) is 18.4 Å². The summed E-state index contributed by atoms with van der Waals surface area (Å²) in [5, 5.41) is 15.2. The number of nitrogens with zero attached hydrogens (tertiary/aromatic N) is 6. The number of amides is 2. The molecule has 0 bridgehead atoms. The number of aliphatic hydroxyl groups excluding tert-OH is 1. The first-order valence-electron chi connectivity index (χ1n) is 11.0. The van der Waals surface area contributed by atoms with E-state index in [1.165, 1.54) is 17.3 Å². The molecular weight excluding hydrogens is 471 g/mol. The van der Waals surface area contributed by atoms with Gasteiger partial charge in [0.25, 0.3) is 6.43 Å². The number of likely N-dealkylation sites (tertiary alicyclic amines) is 1. The van der Waals surface area contributed by atoms with Crippen molar-refractivity contribution in [2.24, 2.45) is 0 Å². The van der Waals surface area contributed by atoms with Crippen LogP contribution in [0.4, 0.5) is 35.7 Å². The second-order valence-electron chi connectivity index (χ2n) is 8.28. The molecule has 2 fully saturated rings. The van der Waals surface area contributed by atoms with Crippen molar-refractivity contribution in [1.82, 2.24) is 30.2 Å². The van der Waals surface area contributed by atoms with E-state index >= 15 is 4.39 Å². The van der Waals surface area contributed by atoms with Gasteiger partial charge in [-0.3, -0.25) is 0 Å². The summed E-state index contributed by atoms with van der Waals surface area (Å²) in [4.78, 5) is 31.9. The van der Waals surface area contributed by atoms with Gasteiger partial charge in [0.05, 0.1) is 31.9 Å². The lowest BCUT2D eigenvalue weighted by molar-refractivity contribution is 0.122. The van der Waals surface area contributed by atoms with Gasteiger partial charge in [-0.25, -0.2) is 32.9 Å². The number of carbonyl (C=O) groups is 1. The maximum atomic E-state index is 15.7. The zero-order chi connectivity index (χ0) is 25.0. The number of carbonyl (C=O) groups excluding carboxylic acids is 1. The fourth-order valence-corrected chi connectivity index (χ4v) is 3.92. The molecule has 0 saturated carbocycles. The Hall–Kier alpha value is -3.46. The lowest BCUT2D eigenvalue weighted by Crippen LogP contribution is -2.48. The van der Waals surface area contributed by atoms with E-state index in [2.05, 4.69) is 30.6 Å². The van der Waals surface area contributed by atoms with Crippen LogP contribution in [0.3, 0.4) is 0 Å². The molecule has 35 heavy (non-hydrogen) atoms. The molecule has 0 radical (unpaired) electrons. The zero-order valence-corrected chi connectivity index (χ0v) is 18.8. The molecule has 15 heteroatoms. The molecule has 0 unspecified atom stereocenters. The van der Waals surface area contributed by atoms with Gasteiger partial charge in [0.1, 0.15) is 5.69 Å². The third-order valence-electron chi connectivity index (χ3n) is 5.81. The van der Waals surface area contributed by atoms with Crippen LogP contribution in [0.1, 0.15) is 6.42 Å². The standard InChI is InChI=1S/C20H26F3N9O3/c21-13(22)9-27-19(34)32-2-1-20(10-32,11-33)30-16-14(23)15(12-7-25-17(24)26-8-12)28-18(29-16)31-3-5-35-6-4-31/h7-8,13,33H,1-6,9-11H2,(H,27,34)(H2,24,25,26)(H,28,29,30)/t20-/m0/s1. The third kappa shape index (κ3) is 5.62. The minimum atomic E-state index is -2.69. The number of hydrogen-bond donors (Lipinski definition) is 4. The molecule has 5 N–H and O–H groups in total. The van der Waals surface area contributed by atoms with Crippen molar-refractivity contribution < 1.29 is 27.8 Å². The molecule has 12 nitrogen and oxygen atoms in total. The molecule has 2 aromatic heterocycles. The summed E-state index contributed by atoms with van der Waals surface area (Å²) in [6.45, 7) is 0.769. The maximum absolute atomic E-state index is 15.7. The van der Waals surface area contributed by atoms with E-state index in [0.717, 1.165) is 0 Å². The van der Waals surface area contributed by atoms with E-state index in [1.54, 1.807) is 0 Å². The Kier molecular flexibility index (Phi) is 7.35. The van der Waals surface area contributed by atoms with Gasteiger partial charge in [-0.05, 0) is 6.42 Å². The van der Waals surface area contributed by atoms with Gasteiger partial charge in [0, 0.05) is 44.1 Å². The first kappa shape index (κ1) is 24.7. The van der Waals surface area contributed by atoms with Crippen LogP contribution < -0.4 is 21.3 Å². The highest BCUT2D eigenvalue weighted by Gasteiger charge is 2.41. The molecule has 4 rings (SSSR count). The normalized spacial score (nSPS) is 20.4. The maximum Gasteiger partial charge on any atom is 0.317 e. The van der Waals surface area contributed by atoms with Gasteiger partial charge in [0.2, 0.25) is 11.9 Å². The van der Waals surface area contributed by atoms with Crippen LogP contribution in [0.2, 0.25) is 0 Å². The number of aromatic nitrogens is 4. The quantitative estimate of drug-likeness (QED) is 0.420. The summed E-state index contributed by atoms with van der Waals surface area (Å²) in [6, 6.07) is -0.695. The number of morpholine rings is 1. The monoisotopic (exact) mass is 497 g/mol. The number of halogens is 3. The number of ether oxygens (including phenoxy) is 1. The lowest BCUT2D eigenvalue weighted by atomic mass is 10.00. The smallest absolute Gasteiger partial charge is 0.317 e. The SMILES string of the molecule is Nc1ncc(-c2nc(N3CCOCC3)nc(N[C@@]3(CO)CCN(C(=O)NCC(F)F)C3)c2F)cn1. The first-order valence-corrected chi connectivity index (χ1v) is 11.0. The highest BCUT2D eigenvalue weighted by molar-refractivity contribution is 5.75. The third-order valence-corrected chi connectivity index (χ3v) is 5.81. The van der Waals surface area contributed by atoms with Crippen molar-refractivity contribution in [1.29, 1.82) is 0 Å². The van der Waals surface area contributed by atoms with Crippen LogP contribution in [0.25, 0.3) is 11.3 Å². The highest BCUT2D eigenvalue weighted by atomic mass is 19.3. The Bertz CT molecular complexity index is 1040. The second-order valence-corrected chi connectivity index (χ2v) is 8.28. The van der Waals surface area contributed by atoms with E-state index in [0.29, 0.717) is 26.3 Å². The van der Waals surface area contributed by atoms with Crippen LogP contribution in [0.15, 0.2) is 12.4 Å². The van der Waals surface area contributed by atoms with Gasteiger partial charge >= 0.3 is 6.03 Å². The van der Waals surface area contributed by atoms with Gasteiger partial charge in [-0.2, -0.15) is 4.98 Å². The van der Waals surface area contributed by atoms with Gasteiger partial charge < -0.3 is 36.0 Å². The minimum absolute atomic E-state index is 0.0189. The molecule has 0 aromatic carbocycles. The highest BCUT2D eigenvalue weighted by Crippen LogP contribution is 2.32. The van der Waals surface area contributed by atoms with E-state index in [-0.39, 0.29) is 48.5 Å². The Morgan fingerprint density at radius 1 is 1.23 bits per heavy atom. The number of nitrogen functional groups attached to an aromatic ring is 1. The number of urea groups is 1. The molecule has 2 saturated heterocycles. The molecular formula is C20H26F3N9O3. The summed E-state index contributed by atoms with van der Waals surface area (Å²) in [5.41, 5.74) is 4.61. The van der Waals surface area contributed by atoms with Crippen molar-refractivity contribution in [3.05, 3.63) is 18.2 Å². The molecule has 1 atom stereocenters. The van der Waals surface area contributed by atoms with Gasteiger partial charge in [-0.15, -0.1) is 0 Å². The van der Waals surface area contributed by atoms with Crippen LogP contribution in [-0.4, -0.2) is 100 Å². The molecule has 2 aliphatic heterocycles. The summed E-state index contributed by atoms with van der Waals surface area (Å²) >= 11 is 0. The summed E-state index contributed by atoms with van der Waals surface area (Å²) in [7, 11) is 0. The Labute approximate surface area is 198 Å². The summed E-state index contributed by atoms with van der Waals surface area (Å²) < 4.78 is 45.9. The molecule has 190 valence electrons. The zero-order valence-electron chi connectivity index (χ0n) is 18.8. The number of hydrogen-bond acceptors (Lipinski definition) is 10. The largest absolute Gasteiger partial charge is 0.394 e. The van der Waals surface area contributed by atoms with Gasteiger partial charge in [-0.1, -0.05) is 0 Å². The lowest BCUT2D eigenvalue weighted by Gasteiger charge is -2.31. The van der Waals surface area contributed by atoms with E-state index in [9.17, 15) is 18.7 Å². The van der Waals surface area contributed by atoms with Gasteiger partial charge in [0.15, 0.2) is 11.6 Å². The van der Waals surface area contributed by atoms with Crippen molar-refractivity contribution in [2.75, 3.05) is 68.5 Å². The number of alkyl halides is 2. The molecule has 0 spiro atoms. The van der Waals surface area contributed by atoms with Crippen LogP contribution in [0, 0.1) is 5.82 Å². The summed E-state index contributed by atoms with van der Waals surface area (Å²) in [5.74, 6) is -0.729. The molecule has 4 heterocycles. The predicted molar refractivity (Wildman–Crippen MR) is 119 cm³/mol. The number of rotatable bonds is 7. The molecule has 2 amide bonds. The van der Waals surface area contributed by atoms with Crippen molar-refractivity contribution in [3.8, 4) is 11.3 Å². The van der Waals surface area contributed by atoms with Crippen LogP contribution in [-0.2, 0) is 4.74 Å². The second kappa shape index (κ2) is 10.4. The number of aliphatic hydroxyl groups is 1. The fourth-order valence-electron chi connectivity index (χ4n) is 3.92. The number of anilines is 3. The molecule has 0 aliphatic carbocycles.